The summed E-state index contributed by atoms with van der Waals surface area (Å²) in [4.78, 5) is 36.3. The molecule has 0 aromatic heterocycles. The maximum absolute atomic E-state index is 12.3. The van der Waals surface area contributed by atoms with E-state index in [9.17, 15) is 14.4 Å². The molecule has 0 aliphatic rings. The predicted octanol–water partition coefficient (Wildman–Crippen LogP) is 4.86. The van der Waals surface area contributed by atoms with Crippen LogP contribution in [-0.2, 0) is 16.0 Å². The van der Waals surface area contributed by atoms with Gasteiger partial charge in [-0.05, 0) is 60.0 Å². The Hall–Kier alpha value is -3.68. The number of hydrazone groups is 1. The Bertz CT molecular complexity index is 1210. The first-order valence-electron chi connectivity index (χ1n) is 9.86. The lowest BCUT2D eigenvalue weighted by atomic mass is 10.1. The largest absolute Gasteiger partial charge is 0.423 e. The van der Waals surface area contributed by atoms with Crippen LogP contribution in [0.3, 0.4) is 0 Å². The van der Waals surface area contributed by atoms with Crippen LogP contribution in [0.15, 0.2) is 71.8 Å². The summed E-state index contributed by atoms with van der Waals surface area (Å²) in [6, 6.07) is 18.1. The first kappa shape index (κ1) is 24.0. The first-order valence-corrected chi connectivity index (χ1v) is 10.6. The summed E-state index contributed by atoms with van der Waals surface area (Å²) < 4.78 is 5.33. The number of anilines is 1. The zero-order chi connectivity index (χ0) is 23.8. The van der Waals surface area contributed by atoms with E-state index in [0.717, 1.165) is 12.0 Å². The van der Waals surface area contributed by atoms with Crippen LogP contribution in [0.5, 0.6) is 5.75 Å². The van der Waals surface area contributed by atoms with Crippen LogP contribution in [0, 0.1) is 0 Å². The van der Waals surface area contributed by atoms with Gasteiger partial charge >= 0.3 is 17.8 Å². The zero-order valence-electron chi connectivity index (χ0n) is 17.5. The number of nitrogens with one attached hydrogen (secondary N) is 2. The van der Waals surface area contributed by atoms with Crippen LogP contribution >= 0.6 is 23.2 Å². The topological polar surface area (TPSA) is 96.9 Å². The van der Waals surface area contributed by atoms with Gasteiger partial charge in [-0.15, -0.1) is 0 Å². The summed E-state index contributed by atoms with van der Waals surface area (Å²) in [5, 5.41) is 6.84. The molecule has 0 radical (unpaired) electrons. The molecule has 3 aromatic rings. The second kappa shape index (κ2) is 11.3. The molecule has 9 heteroatoms. The number of ether oxygens (including phenoxy) is 1. The van der Waals surface area contributed by atoms with Gasteiger partial charge in [0, 0.05) is 10.7 Å². The van der Waals surface area contributed by atoms with Gasteiger partial charge in [-0.2, -0.15) is 5.10 Å². The minimum atomic E-state index is -0.925. The molecule has 0 spiro atoms. The Balaban J connectivity index is 1.56. The molecule has 7 nitrogen and oxygen atoms in total. The number of hydrogen-bond donors (Lipinski definition) is 2. The summed E-state index contributed by atoms with van der Waals surface area (Å²) in [6.07, 6.45) is 2.19. The van der Waals surface area contributed by atoms with Gasteiger partial charge in [-0.1, -0.05) is 54.4 Å². The lowest BCUT2D eigenvalue weighted by molar-refractivity contribution is -0.136. The van der Waals surface area contributed by atoms with E-state index in [2.05, 4.69) is 15.8 Å². The molecular formula is C24H19Cl2N3O4. The van der Waals surface area contributed by atoms with E-state index in [0.29, 0.717) is 16.3 Å². The number of halogens is 2. The fourth-order valence-electron chi connectivity index (χ4n) is 2.70. The van der Waals surface area contributed by atoms with Crippen molar-refractivity contribution in [2.75, 3.05) is 5.32 Å². The normalized spacial score (nSPS) is 10.6. The molecule has 0 bridgehead atoms. The molecule has 3 rings (SSSR count). The van der Waals surface area contributed by atoms with E-state index in [4.69, 9.17) is 27.9 Å². The average Bonchev–Trinajstić information content (AvgIpc) is 2.79. The molecule has 3 aromatic carbocycles. The lowest BCUT2D eigenvalue weighted by Crippen LogP contribution is -2.32. The van der Waals surface area contributed by atoms with E-state index in [1.807, 2.05) is 19.1 Å². The van der Waals surface area contributed by atoms with Gasteiger partial charge < -0.3 is 10.1 Å². The Morgan fingerprint density at radius 1 is 0.970 bits per heavy atom. The minimum absolute atomic E-state index is 0.169. The first-order chi connectivity index (χ1) is 15.9. The van der Waals surface area contributed by atoms with Crippen molar-refractivity contribution in [2.45, 2.75) is 13.3 Å². The van der Waals surface area contributed by atoms with Crippen molar-refractivity contribution in [1.29, 1.82) is 0 Å². The third kappa shape index (κ3) is 6.90. The van der Waals surface area contributed by atoms with Crippen LogP contribution in [0.25, 0.3) is 0 Å². The van der Waals surface area contributed by atoms with Crippen LogP contribution in [0.4, 0.5) is 5.69 Å². The summed E-state index contributed by atoms with van der Waals surface area (Å²) in [7, 11) is 0. The maximum Gasteiger partial charge on any atom is 0.345 e. The number of nitrogens with zero attached hydrogens (tertiary/aromatic N) is 1. The second-order valence-electron chi connectivity index (χ2n) is 6.79. The van der Waals surface area contributed by atoms with Crippen LogP contribution in [0.1, 0.15) is 28.4 Å². The minimum Gasteiger partial charge on any atom is -0.423 e. The fourth-order valence-corrected chi connectivity index (χ4v) is 3.19. The number of esters is 1. The van der Waals surface area contributed by atoms with E-state index in [1.54, 1.807) is 30.3 Å². The Kier molecular flexibility index (Phi) is 8.18. The summed E-state index contributed by atoms with van der Waals surface area (Å²) >= 11 is 11.9. The standard InChI is InChI=1S/C24H19Cl2N3O4/c1-2-15-6-9-18(10-7-15)28-22(30)23(31)29-27-14-16-4-3-5-19(12-16)33-24(32)20-11-8-17(25)13-21(20)26/h3-14H,2H2,1H3,(H,28,30)(H,29,31). The van der Waals surface area contributed by atoms with Crippen LogP contribution in [-0.4, -0.2) is 24.0 Å². The molecular weight excluding hydrogens is 465 g/mol. The van der Waals surface area contributed by atoms with Crippen molar-refractivity contribution in [3.05, 3.63) is 93.5 Å². The monoisotopic (exact) mass is 483 g/mol. The lowest BCUT2D eigenvalue weighted by Gasteiger charge is -2.07. The molecule has 168 valence electrons. The van der Waals surface area contributed by atoms with Gasteiger partial charge in [0.15, 0.2) is 0 Å². The Morgan fingerprint density at radius 2 is 1.73 bits per heavy atom. The van der Waals surface area contributed by atoms with Gasteiger partial charge in [0.05, 0.1) is 16.8 Å². The van der Waals surface area contributed by atoms with E-state index < -0.39 is 17.8 Å². The smallest absolute Gasteiger partial charge is 0.345 e. The molecule has 0 saturated carbocycles. The average molecular weight is 484 g/mol. The highest BCUT2D eigenvalue weighted by Gasteiger charge is 2.14. The number of aryl methyl sites for hydroxylation is 1. The maximum atomic E-state index is 12.3. The van der Waals surface area contributed by atoms with Crippen molar-refractivity contribution < 1.29 is 19.1 Å². The summed E-state index contributed by atoms with van der Waals surface area (Å²) in [5.74, 6) is -2.18. The highest BCUT2D eigenvalue weighted by atomic mass is 35.5. The van der Waals surface area contributed by atoms with E-state index in [1.165, 1.54) is 30.5 Å². The van der Waals surface area contributed by atoms with E-state index in [-0.39, 0.29) is 16.3 Å². The quantitative estimate of drug-likeness (QED) is 0.172. The molecule has 2 amide bonds. The zero-order valence-corrected chi connectivity index (χ0v) is 19.0. The number of carbonyl (C=O) groups excluding carboxylic acids is 3. The molecule has 0 aliphatic heterocycles. The number of amides is 2. The van der Waals surface area contributed by atoms with E-state index >= 15 is 0 Å². The highest BCUT2D eigenvalue weighted by molar-refractivity contribution is 6.39. The third-order valence-corrected chi connectivity index (χ3v) is 4.97. The van der Waals surface area contributed by atoms with Gasteiger partial charge in [0.25, 0.3) is 0 Å². The molecule has 33 heavy (non-hydrogen) atoms. The SMILES string of the molecule is CCc1ccc(NC(=O)C(=O)NN=Cc2cccc(OC(=O)c3ccc(Cl)cc3Cl)c2)cc1. The van der Waals surface area contributed by atoms with Crippen molar-refractivity contribution in [3.63, 3.8) is 0 Å². The predicted molar refractivity (Wildman–Crippen MR) is 128 cm³/mol. The third-order valence-electron chi connectivity index (χ3n) is 4.43. The Labute approximate surface area is 200 Å². The number of hydrogen-bond acceptors (Lipinski definition) is 5. The van der Waals surface area contributed by atoms with Gasteiger partial charge in [0.2, 0.25) is 0 Å². The molecule has 0 heterocycles. The molecule has 0 unspecified atom stereocenters. The second-order valence-corrected chi connectivity index (χ2v) is 7.63. The number of rotatable bonds is 6. The van der Waals surface area contributed by atoms with Crippen molar-refractivity contribution in [2.24, 2.45) is 5.10 Å². The van der Waals surface area contributed by atoms with Gasteiger partial charge in [-0.25, -0.2) is 10.2 Å². The molecule has 0 saturated heterocycles. The highest BCUT2D eigenvalue weighted by Crippen LogP contribution is 2.23. The van der Waals surface area contributed by atoms with Crippen molar-refractivity contribution in [3.8, 4) is 5.75 Å². The summed E-state index contributed by atoms with van der Waals surface area (Å²) in [6.45, 7) is 2.02. The van der Waals surface area contributed by atoms with Crippen molar-refractivity contribution >= 4 is 52.9 Å². The number of carbonyl (C=O) groups is 3. The molecule has 0 aliphatic carbocycles. The van der Waals surface area contributed by atoms with Gasteiger partial charge in [0.1, 0.15) is 5.75 Å². The fraction of sp³-hybridized carbons (Fsp3) is 0.0833. The molecule has 2 N–H and O–H groups in total. The Morgan fingerprint density at radius 3 is 2.42 bits per heavy atom. The number of benzene rings is 3. The molecule has 0 fully saturated rings. The summed E-state index contributed by atoms with van der Waals surface area (Å²) in [5.41, 5.74) is 4.47. The van der Waals surface area contributed by atoms with Crippen molar-refractivity contribution in [1.82, 2.24) is 5.43 Å². The van der Waals surface area contributed by atoms with Gasteiger partial charge in [-0.3, -0.25) is 9.59 Å². The van der Waals surface area contributed by atoms with Crippen LogP contribution in [0.2, 0.25) is 10.0 Å². The molecule has 0 atom stereocenters. The van der Waals surface area contributed by atoms with Crippen LogP contribution < -0.4 is 15.5 Å².